The Balaban J connectivity index is 1.80. The number of benzene rings is 2. The maximum Gasteiger partial charge on any atom is 0.258 e. The van der Waals surface area contributed by atoms with Crippen molar-refractivity contribution in [2.24, 2.45) is 0 Å². The summed E-state index contributed by atoms with van der Waals surface area (Å²) >= 11 is 0. The van der Waals surface area contributed by atoms with E-state index in [0.29, 0.717) is 27.8 Å². The molecule has 0 aliphatic carbocycles. The predicted molar refractivity (Wildman–Crippen MR) is 87.0 cm³/mol. The molecule has 2 heterocycles. The molecule has 2 aromatic carbocycles. The van der Waals surface area contributed by atoms with Gasteiger partial charge in [-0.1, -0.05) is 6.07 Å². The van der Waals surface area contributed by atoms with Gasteiger partial charge in [-0.25, -0.2) is 4.39 Å². The fourth-order valence-electron chi connectivity index (χ4n) is 2.50. The molecule has 4 rings (SSSR count). The molecule has 1 amide bonds. The van der Waals surface area contributed by atoms with Crippen molar-refractivity contribution in [2.75, 3.05) is 5.32 Å². The summed E-state index contributed by atoms with van der Waals surface area (Å²) in [5.74, 6) is -1.04. The lowest BCUT2D eigenvalue weighted by Gasteiger charge is -2.09. The molecular formula is C17H10FN5O. The molecule has 0 aliphatic heterocycles. The highest BCUT2D eigenvalue weighted by Crippen LogP contribution is 2.22. The van der Waals surface area contributed by atoms with Crippen LogP contribution in [0.25, 0.3) is 22.1 Å². The normalized spacial score (nSPS) is 10.9. The second-order valence-electron chi connectivity index (χ2n) is 5.06. The zero-order valence-electron chi connectivity index (χ0n) is 12.3. The molecule has 7 heteroatoms. The van der Waals surface area contributed by atoms with Crippen molar-refractivity contribution in [3.05, 3.63) is 66.5 Å². The second-order valence-corrected chi connectivity index (χ2v) is 5.06. The Hall–Kier alpha value is -3.48. The van der Waals surface area contributed by atoms with E-state index in [1.165, 1.54) is 18.5 Å². The number of carbonyl (C=O) groups excluding carboxylic acids is 1. The third-order valence-corrected chi connectivity index (χ3v) is 3.53. The van der Waals surface area contributed by atoms with E-state index in [4.69, 9.17) is 0 Å². The maximum atomic E-state index is 13.8. The number of halogens is 1. The van der Waals surface area contributed by atoms with Crippen LogP contribution in [-0.2, 0) is 0 Å². The fourth-order valence-corrected chi connectivity index (χ4v) is 2.50. The van der Waals surface area contributed by atoms with Crippen LogP contribution in [0, 0.1) is 5.82 Å². The van der Waals surface area contributed by atoms with Gasteiger partial charge in [0.2, 0.25) is 0 Å². The van der Waals surface area contributed by atoms with Crippen molar-refractivity contribution in [1.82, 2.24) is 19.9 Å². The van der Waals surface area contributed by atoms with Gasteiger partial charge >= 0.3 is 0 Å². The van der Waals surface area contributed by atoms with Gasteiger partial charge in [-0.05, 0) is 18.2 Å². The summed E-state index contributed by atoms with van der Waals surface area (Å²) in [6.45, 7) is 0. The van der Waals surface area contributed by atoms with E-state index in [-0.39, 0.29) is 5.56 Å². The lowest BCUT2D eigenvalue weighted by molar-refractivity contribution is 0.102. The van der Waals surface area contributed by atoms with Crippen molar-refractivity contribution < 1.29 is 9.18 Å². The van der Waals surface area contributed by atoms with Crippen molar-refractivity contribution in [3.63, 3.8) is 0 Å². The molecular weight excluding hydrogens is 309 g/mol. The van der Waals surface area contributed by atoms with Crippen molar-refractivity contribution in [2.45, 2.75) is 0 Å². The van der Waals surface area contributed by atoms with Gasteiger partial charge in [0.25, 0.3) is 5.91 Å². The SMILES string of the molecule is O=C(Nc1cccc2nccnc12)c1cc(F)cc2nccnc12. The van der Waals surface area contributed by atoms with Crippen LogP contribution in [0.5, 0.6) is 0 Å². The van der Waals surface area contributed by atoms with Gasteiger partial charge < -0.3 is 5.32 Å². The summed E-state index contributed by atoms with van der Waals surface area (Å²) < 4.78 is 13.8. The molecule has 4 aromatic rings. The monoisotopic (exact) mass is 319 g/mol. The van der Waals surface area contributed by atoms with E-state index >= 15 is 0 Å². The molecule has 0 atom stereocenters. The second kappa shape index (κ2) is 5.62. The molecule has 0 unspecified atom stereocenters. The molecule has 0 saturated heterocycles. The first-order valence-electron chi connectivity index (χ1n) is 7.14. The lowest BCUT2D eigenvalue weighted by Crippen LogP contribution is -2.14. The minimum Gasteiger partial charge on any atom is -0.320 e. The van der Waals surface area contributed by atoms with Crippen molar-refractivity contribution in [3.8, 4) is 0 Å². The third kappa shape index (κ3) is 2.41. The largest absolute Gasteiger partial charge is 0.320 e. The average Bonchev–Trinajstić information content (AvgIpc) is 2.61. The topological polar surface area (TPSA) is 80.7 Å². The van der Waals surface area contributed by atoms with E-state index in [1.807, 2.05) is 0 Å². The fraction of sp³-hybridized carbons (Fsp3) is 0. The first-order chi connectivity index (χ1) is 11.7. The van der Waals surface area contributed by atoms with E-state index in [2.05, 4.69) is 25.3 Å². The molecule has 0 aliphatic rings. The van der Waals surface area contributed by atoms with Gasteiger partial charge in [0.1, 0.15) is 16.9 Å². The first-order valence-corrected chi connectivity index (χ1v) is 7.14. The Labute approximate surface area is 135 Å². The summed E-state index contributed by atoms with van der Waals surface area (Å²) in [6.07, 6.45) is 6.02. The molecule has 2 aromatic heterocycles. The van der Waals surface area contributed by atoms with Crippen LogP contribution in [0.3, 0.4) is 0 Å². The third-order valence-electron chi connectivity index (χ3n) is 3.53. The van der Waals surface area contributed by atoms with Crippen LogP contribution in [0.2, 0.25) is 0 Å². The number of hydrogen-bond donors (Lipinski definition) is 1. The summed E-state index contributed by atoms with van der Waals surface area (Å²) in [7, 11) is 0. The number of hydrogen-bond acceptors (Lipinski definition) is 5. The minimum atomic E-state index is -0.550. The van der Waals surface area contributed by atoms with Gasteiger partial charge in [-0.3, -0.25) is 24.7 Å². The number of anilines is 1. The van der Waals surface area contributed by atoms with Gasteiger partial charge in [-0.2, -0.15) is 0 Å². The summed E-state index contributed by atoms with van der Waals surface area (Å²) in [5.41, 5.74) is 2.47. The predicted octanol–water partition coefficient (Wildman–Crippen LogP) is 2.96. The van der Waals surface area contributed by atoms with Crippen LogP contribution in [0.1, 0.15) is 10.4 Å². The highest BCUT2D eigenvalue weighted by Gasteiger charge is 2.15. The quantitative estimate of drug-likeness (QED) is 0.614. The summed E-state index contributed by atoms with van der Waals surface area (Å²) in [4.78, 5) is 29.2. The van der Waals surface area contributed by atoms with Gasteiger partial charge in [0.05, 0.1) is 22.3 Å². The van der Waals surface area contributed by atoms with E-state index in [1.54, 1.807) is 30.6 Å². The van der Waals surface area contributed by atoms with Crippen LogP contribution in [0.4, 0.5) is 10.1 Å². The Kier molecular flexibility index (Phi) is 3.31. The molecule has 116 valence electrons. The zero-order chi connectivity index (χ0) is 16.5. The zero-order valence-corrected chi connectivity index (χ0v) is 12.3. The van der Waals surface area contributed by atoms with Crippen LogP contribution in [0.15, 0.2) is 55.1 Å². The average molecular weight is 319 g/mol. The molecule has 6 nitrogen and oxygen atoms in total. The molecule has 0 spiro atoms. The van der Waals surface area contributed by atoms with Crippen molar-refractivity contribution in [1.29, 1.82) is 0 Å². The molecule has 0 bridgehead atoms. The summed E-state index contributed by atoms with van der Waals surface area (Å²) in [5, 5.41) is 2.74. The van der Waals surface area contributed by atoms with Crippen LogP contribution in [-0.4, -0.2) is 25.8 Å². The van der Waals surface area contributed by atoms with Crippen LogP contribution < -0.4 is 5.32 Å². The molecule has 24 heavy (non-hydrogen) atoms. The van der Waals surface area contributed by atoms with E-state index in [9.17, 15) is 9.18 Å². The number of rotatable bonds is 2. The molecule has 0 radical (unpaired) electrons. The molecule has 0 saturated carbocycles. The highest BCUT2D eigenvalue weighted by molar-refractivity contribution is 6.13. The van der Waals surface area contributed by atoms with Gasteiger partial charge in [-0.15, -0.1) is 0 Å². The van der Waals surface area contributed by atoms with E-state index in [0.717, 1.165) is 6.07 Å². The number of nitrogens with zero attached hydrogens (tertiary/aromatic N) is 4. The molecule has 0 fully saturated rings. The van der Waals surface area contributed by atoms with E-state index < -0.39 is 11.7 Å². The standard InChI is InChI=1S/C17H10FN5O/c18-10-8-11(15-14(9-10)20-5-6-21-15)17(24)23-13-3-1-2-12-16(13)22-7-4-19-12/h1-9H,(H,23,24). The number of nitrogens with one attached hydrogen (secondary N) is 1. The minimum absolute atomic E-state index is 0.110. The Morgan fingerprint density at radius 1 is 0.875 bits per heavy atom. The van der Waals surface area contributed by atoms with Crippen LogP contribution >= 0.6 is 0 Å². The first kappa shape index (κ1) is 14.1. The highest BCUT2D eigenvalue weighted by atomic mass is 19.1. The lowest BCUT2D eigenvalue weighted by atomic mass is 10.1. The Bertz CT molecular complexity index is 1080. The number of amides is 1. The maximum absolute atomic E-state index is 13.8. The number of carbonyl (C=O) groups is 1. The smallest absolute Gasteiger partial charge is 0.258 e. The number of para-hydroxylation sites is 1. The van der Waals surface area contributed by atoms with Gasteiger partial charge in [0, 0.05) is 30.9 Å². The van der Waals surface area contributed by atoms with Crippen molar-refractivity contribution >= 4 is 33.7 Å². The number of aromatic nitrogens is 4. The van der Waals surface area contributed by atoms with Gasteiger partial charge in [0.15, 0.2) is 0 Å². The summed E-state index contributed by atoms with van der Waals surface area (Å²) in [6, 6.07) is 7.64. The number of fused-ring (bicyclic) bond motifs is 2. The molecule has 1 N–H and O–H groups in total. The Morgan fingerprint density at radius 3 is 2.42 bits per heavy atom. The Morgan fingerprint density at radius 2 is 1.58 bits per heavy atom.